The zero-order valence-electron chi connectivity index (χ0n) is 15.5. The van der Waals surface area contributed by atoms with Gasteiger partial charge in [-0.3, -0.25) is 9.59 Å². The Hall–Kier alpha value is -2.11. The number of hydrogen-bond donors (Lipinski definition) is 3. The van der Waals surface area contributed by atoms with E-state index in [0.29, 0.717) is 13.0 Å². The van der Waals surface area contributed by atoms with E-state index in [-0.39, 0.29) is 42.2 Å². The Balaban J connectivity index is 0.00000338. The highest BCUT2D eigenvalue weighted by Gasteiger charge is 2.18. The number of carbonyl (C=O) groups excluding carboxylic acids is 2. The lowest BCUT2D eigenvalue weighted by Gasteiger charge is -2.19. The molecule has 0 bridgehead atoms. The summed E-state index contributed by atoms with van der Waals surface area (Å²) in [6.45, 7) is 6.20. The highest BCUT2D eigenvalue weighted by atomic mass is 35.5. The molecule has 0 spiro atoms. The predicted molar refractivity (Wildman–Crippen MR) is 108 cm³/mol. The van der Waals surface area contributed by atoms with Crippen molar-refractivity contribution in [2.24, 2.45) is 11.1 Å². The van der Waals surface area contributed by atoms with Crippen LogP contribution in [0.3, 0.4) is 0 Å². The van der Waals surface area contributed by atoms with Gasteiger partial charge in [0.2, 0.25) is 11.8 Å². The molecule has 2 rings (SSSR count). The van der Waals surface area contributed by atoms with E-state index in [0.717, 1.165) is 16.3 Å². The second-order valence-corrected chi connectivity index (χ2v) is 7.48. The van der Waals surface area contributed by atoms with Gasteiger partial charge >= 0.3 is 0 Å². The monoisotopic (exact) mass is 377 g/mol. The second kappa shape index (κ2) is 9.55. The summed E-state index contributed by atoms with van der Waals surface area (Å²) in [4.78, 5) is 24.0. The SMILES string of the molecule is CC(C)(C)CC(=O)NCC(=O)NC(CN)c1ccc2ccccc2c1.Cl. The fraction of sp³-hybridized carbons (Fsp3) is 0.400. The predicted octanol–water partition coefficient (Wildman–Crippen LogP) is 2.93. The van der Waals surface area contributed by atoms with Gasteiger partial charge in [0, 0.05) is 13.0 Å². The lowest BCUT2D eigenvalue weighted by atomic mass is 9.92. The van der Waals surface area contributed by atoms with E-state index in [1.165, 1.54) is 0 Å². The van der Waals surface area contributed by atoms with Gasteiger partial charge in [-0.25, -0.2) is 0 Å². The van der Waals surface area contributed by atoms with Gasteiger partial charge in [0.25, 0.3) is 0 Å². The van der Waals surface area contributed by atoms with Crippen molar-refractivity contribution in [1.29, 1.82) is 0 Å². The Kier molecular flexibility index (Phi) is 8.06. The molecular formula is C20H28ClN3O2. The lowest BCUT2D eigenvalue weighted by molar-refractivity contribution is -0.127. The van der Waals surface area contributed by atoms with Crippen LogP contribution in [0.1, 0.15) is 38.8 Å². The first kappa shape index (κ1) is 21.9. The molecule has 1 unspecified atom stereocenters. The van der Waals surface area contributed by atoms with Gasteiger partial charge in [0.15, 0.2) is 0 Å². The van der Waals surface area contributed by atoms with Gasteiger partial charge in [-0.2, -0.15) is 0 Å². The number of halogens is 1. The van der Waals surface area contributed by atoms with Crippen LogP contribution in [-0.4, -0.2) is 24.9 Å². The van der Waals surface area contributed by atoms with Gasteiger partial charge in [-0.1, -0.05) is 57.2 Å². The van der Waals surface area contributed by atoms with Crippen LogP contribution in [0, 0.1) is 5.41 Å². The molecule has 26 heavy (non-hydrogen) atoms. The molecule has 1 atom stereocenters. The molecule has 0 fully saturated rings. The number of fused-ring (bicyclic) bond motifs is 1. The van der Waals surface area contributed by atoms with Crippen molar-refractivity contribution in [1.82, 2.24) is 10.6 Å². The number of rotatable bonds is 6. The highest BCUT2D eigenvalue weighted by molar-refractivity contribution is 5.86. The van der Waals surface area contributed by atoms with Crippen LogP contribution in [0.2, 0.25) is 0 Å². The number of benzene rings is 2. The molecule has 5 nitrogen and oxygen atoms in total. The molecule has 2 aromatic carbocycles. The number of amides is 2. The summed E-state index contributed by atoms with van der Waals surface area (Å²) in [6.07, 6.45) is 0.380. The van der Waals surface area contributed by atoms with Crippen molar-refractivity contribution in [3.05, 3.63) is 48.0 Å². The molecule has 4 N–H and O–H groups in total. The number of nitrogens with one attached hydrogen (secondary N) is 2. The van der Waals surface area contributed by atoms with Crippen molar-refractivity contribution in [2.45, 2.75) is 33.2 Å². The molecule has 0 saturated carbocycles. The van der Waals surface area contributed by atoms with E-state index in [2.05, 4.69) is 10.6 Å². The summed E-state index contributed by atoms with van der Waals surface area (Å²) < 4.78 is 0. The van der Waals surface area contributed by atoms with Crippen LogP contribution in [0.4, 0.5) is 0 Å². The molecule has 0 heterocycles. The fourth-order valence-electron chi connectivity index (χ4n) is 2.67. The first-order valence-corrected chi connectivity index (χ1v) is 8.53. The maximum Gasteiger partial charge on any atom is 0.239 e. The molecule has 0 aliphatic carbocycles. The van der Waals surface area contributed by atoms with Crippen molar-refractivity contribution in [3.63, 3.8) is 0 Å². The van der Waals surface area contributed by atoms with Crippen LogP contribution < -0.4 is 16.4 Å². The average Bonchev–Trinajstić information content (AvgIpc) is 2.56. The molecule has 0 saturated heterocycles. The summed E-state index contributed by atoms with van der Waals surface area (Å²) in [5.41, 5.74) is 6.68. The maximum atomic E-state index is 12.1. The van der Waals surface area contributed by atoms with Crippen LogP contribution in [0.25, 0.3) is 10.8 Å². The Morgan fingerprint density at radius 2 is 1.69 bits per heavy atom. The molecule has 0 aromatic heterocycles. The summed E-state index contributed by atoms with van der Waals surface area (Å²) in [5.74, 6) is -0.372. The molecule has 6 heteroatoms. The quantitative estimate of drug-likeness (QED) is 0.723. The van der Waals surface area contributed by atoms with Gasteiger partial charge < -0.3 is 16.4 Å². The third-order valence-electron chi connectivity index (χ3n) is 3.88. The minimum absolute atomic E-state index is 0. The zero-order valence-corrected chi connectivity index (χ0v) is 16.4. The van der Waals surface area contributed by atoms with Crippen molar-refractivity contribution in [3.8, 4) is 0 Å². The molecule has 2 amide bonds. The van der Waals surface area contributed by atoms with E-state index in [9.17, 15) is 9.59 Å². The molecular weight excluding hydrogens is 350 g/mol. The number of nitrogens with two attached hydrogens (primary N) is 1. The van der Waals surface area contributed by atoms with Crippen molar-refractivity contribution in [2.75, 3.05) is 13.1 Å². The second-order valence-electron chi connectivity index (χ2n) is 7.48. The number of hydrogen-bond acceptors (Lipinski definition) is 3. The summed E-state index contributed by atoms with van der Waals surface area (Å²) in [5, 5.41) is 7.79. The molecule has 0 aliphatic rings. The van der Waals surface area contributed by atoms with Crippen molar-refractivity contribution < 1.29 is 9.59 Å². The fourth-order valence-corrected chi connectivity index (χ4v) is 2.67. The third-order valence-corrected chi connectivity index (χ3v) is 3.88. The smallest absolute Gasteiger partial charge is 0.239 e. The first-order chi connectivity index (χ1) is 11.8. The van der Waals surface area contributed by atoms with E-state index < -0.39 is 0 Å². The molecule has 0 radical (unpaired) electrons. The summed E-state index contributed by atoms with van der Waals surface area (Å²) in [6, 6.07) is 13.8. The van der Waals surface area contributed by atoms with E-state index >= 15 is 0 Å². The summed E-state index contributed by atoms with van der Waals surface area (Å²) in [7, 11) is 0. The highest BCUT2D eigenvalue weighted by Crippen LogP contribution is 2.20. The largest absolute Gasteiger partial charge is 0.347 e. The van der Waals surface area contributed by atoms with Crippen molar-refractivity contribution >= 4 is 35.0 Å². The molecule has 0 aliphatic heterocycles. The van der Waals surface area contributed by atoms with Crippen LogP contribution in [-0.2, 0) is 9.59 Å². The van der Waals surface area contributed by atoms with E-state index in [1.807, 2.05) is 63.2 Å². The van der Waals surface area contributed by atoms with E-state index in [1.54, 1.807) is 0 Å². The topological polar surface area (TPSA) is 84.2 Å². The first-order valence-electron chi connectivity index (χ1n) is 8.53. The van der Waals surface area contributed by atoms with Gasteiger partial charge in [0.1, 0.15) is 0 Å². The minimum Gasteiger partial charge on any atom is -0.347 e. The maximum absolute atomic E-state index is 12.1. The minimum atomic E-state index is -0.281. The Labute approximate surface area is 161 Å². The van der Waals surface area contributed by atoms with Gasteiger partial charge in [0.05, 0.1) is 12.6 Å². The normalized spacial score (nSPS) is 12.2. The standard InChI is InChI=1S/C20H27N3O2.ClH/c1-20(2,3)11-18(24)22-13-19(25)23-17(12-21)16-9-8-14-6-4-5-7-15(14)10-16;/h4-10,17H,11-13,21H2,1-3H3,(H,22,24)(H,23,25);1H. The number of carbonyl (C=O) groups is 2. The Morgan fingerprint density at radius 1 is 1.04 bits per heavy atom. The van der Waals surface area contributed by atoms with Gasteiger partial charge in [-0.05, 0) is 27.8 Å². The Morgan fingerprint density at radius 3 is 2.31 bits per heavy atom. The Bertz CT molecular complexity index is 756. The van der Waals surface area contributed by atoms with Crippen LogP contribution in [0.5, 0.6) is 0 Å². The average molecular weight is 378 g/mol. The van der Waals surface area contributed by atoms with Gasteiger partial charge in [-0.15, -0.1) is 12.4 Å². The molecule has 142 valence electrons. The summed E-state index contributed by atoms with van der Waals surface area (Å²) >= 11 is 0. The zero-order chi connectivity index (χ0) is 18.4. The van der Waals surface area contributed by atoms with E-state index in [4.69, 9.17) is 5.73 Å². The third kappa shape index (κ3) is 6.65. The van der Waals surface area contributed by atoms with Crippen LogP contribution >= 0.6 is 12.4 Å². The lowest BCUT2D eigenvalue weighted by Crippen LogP contribution is -2.41. The van der Waals surface area contributed by atoms with Crippen LogP contribution in [0.15, 0.2) is 42.5 Å². The molecule has 2 aromatic rings.